The normalized spacial score (nSPS) is 9.36. The van der Waals surface area contributed by atoms with Crippen LogP contribution in [0.15, 0.2) is 30.3 Å². The average molecular weight is 197 g/mol. The van der Waals surface area contributed by atoms with Crippen molar-refractivity contribution in [3.05, 3.63) is 35.9 Å². The minimum atomic E-state index is -1.74. The van der Waals surface area contributed by atoms with Crippen molar-refractivity contribution in [1.82, 2.24) is 0 Å². The van der Waals surface area contributed by atoms with Gasteiger partial charge in [-0.3, -0.25) is 4.79 Å². The van der Waals surface area contributed by atoms with Crippen molar-refractivity contribution >= 4 is 17.7 Å². The molecule has 0 spiro atoms. The number of anilines is 1. The van der Waals surface area contributed by atoms with Gasteiger partial charge in [-0.2, -0.15) is 8.78 Å². The molecule has 1 aromatic carbocycles. The van der Waals surface area contributed by atoms with E-state index >= 15 is 0 Å². The van der Waals surface area contributed by atoms with Gasteiger partial charge in [0, 0.05) is 18.7 Å². The van der Waals surface area contributed by atoms with Gasteiger partial charge in [0.2, 0.25) is 5.91 Å². The Labute approximate surface area is 80.2 Å². The molecule has 0 aliphatic heterocycles. The lowest BCUT2D eigenvalue weighted by atomic mass is 10.2. The number of hydrogen-bond donors (Lipinski definition) is 1. The minimum absolute atomic E-state index is 0.190. The molecule has 1 rings (SSSR count). The van der Waals surface area contributed by atoms with E-state index in [1.807, 2.05) is 0 Å². The topological polar surface area (TPSA) is 29.1 Å². The first-order valence-corrected chi connectivity index (χ1v) is 3.98. The number of halogens is 2. The van der Waals surface area contributed by atoms with Gasteiger partial charge in [-0.05, 0) is 17.7 Å². The summed E-state index contributed by atoms with van der Waals surface area (Å²) in [7, 11) is 0. The van der Waals surface area contributed by atoms with Gasteiger partial charge in [0.05, 0.1) is 0 Å². The monoisotopic (exact) mass is 197 g/mol. The Morgan fingerprint density at radius 1 is 1.29 bits per heavy atom. The second-order valence-corrected chi connectivity index (χ2v) is 2.74. The van der Waals surface area contributed by atoms with Gasteiger partial charge in [-0.25, -0.2) is 0 Å². The summed E-state index contributed by atoms with van der Waals surface area (Å²) in [6.45, 7) is 1.38. The lowest BCUT2D eigenvalue weighted by molar-refractivity contribution is -0.114. The first-order valence-electron chi connectivity index (χ1n) is 3.98. The Morgan fingerprint density at radius 3 is 2.29 bits per heavy atom. The molecule has 2 nitrogen and oxygen atoms in total. The van der Waals surface area contributed by atoms with E-state index in [0.29, 0.717) is 11.3 Å². The van der Waals surface area contributed by atoms with Gasteiger partial charge in [0.15, 0.2) is 0 Å². The van der Waals surface area contributed by atoms with E-state index in [9.17, 15) is 13.6 Å². The van der Waals surface area contributed by atoms with E-state index in [1.54, 1.807) is 12.1 Å². The summed E-state index contributed by atoms with van der Waals surface area (Å²) in [5.74, 6) is -0.190. The fourth-order valence-corrected chi connectivity index (χ4v) is 0.992. The van der Waals surface area contributed by atoms with Crippen molar-refractivity contribution in [3.63, 3.8) is 0 Å². The highest BCUT2D eigenvalue weighted by molar-refractivity contribution is 5.88. The highest BCUT2D eigenvalue weighted by Crippen LogP contribution is 2.13. The quantitative estimate of drug-likeness (QED) is 0.775. The predicted molar refractivity (Wildman–Crippen MR) is 50.9 cm³/mol. The molecule has 1 amide bonds. The van der Waals surface area contributed by atoms with Gasteiger partial charge in [0.1, 0.15) is 0 Å². The minimum Gasteiger partial charge on any atom is -0.326 e. The molecule has 0 fully saturated rings. The molecule has 0 radical (unpaired) electrons. The summed E-state index contributed by atoms with van der Waals surface area (Å²) < 4.78 is 23.6. The van der Waals surface area contributed by atoms with Crippen molar-refractivity contribution in [2.75, 3.05) is 5.32 Å². The molecular formula is C10H9F2NO. The molecule has 4 heteroatoms. The zero-order valence-electron chi connectivity index (χ0n) is 7.55. The van der Waals surface area contributed by atoms with E-state index < -0.39 is 6.08 Å². The Kier molecular flexibility index (Phi) is 3.34. The molecule has 0 atom stereocenters. The molecule has 1 aromatic rings. The van der Waals surface area contributed by atoms with Crippen LogP contribution in [0.25, 0.3) is 6.08 Å². The molecule has 0 heterocycles. The van der Waals surface area contributed by atoms with E-state index in [4.69, 9.17) is 0 Å². The molecule has 1 N–H and O–H groups in total. The summed E-state index contributed by atoms with van der Waals surface area (Å²) >= 11 is 0. The molecule has 14 heavy (non-hydrogen) atoms. The van der Waals surface area contributed by atoms with Crippen LogP contribution in [0, 0.1) is 0 Å². The average Bonchev–Trinajstić information content (AvgIpc) is 2.06. The van der Waals surface area contributed by atoms with Crippen LogP contribution in [0.2, 0.25) is 0 Å². The first kappa shape index (κ1) is 10.4. The van der Waals surface area contributed by atoms with E-state index in [2.05, 4.69) is 5.32 Å². The van der Waals surface area contributed by atoms with Gasteiger partial charge >= 0.3 is 0 Å². The molecule has 0 bridgehead atoms. The maximum atomic E-state index is 11.8. The fourth-order valence-electron chi connectivity index (χ4n) is 0.992. The molecule has 0 aliphatic carbocycles. The number of benzene rings is 1. The Morgan fingerprint density at radius 2 is 1.86 bits per heavy atom. The molecule has 0 aromatic heterocycles. The third kappa shape index (κ3) is 3.35. The summed E-state index contributed by atoms with van der Waals surface area (Å²) in [5.41, 5.74) is 0.994. The largest absolute Gasteiger partial charge is 0.326 e. The highest BCUT2D eigenvalue weighted by atomic mass is 19.3. The van der Waals surface area contributed by atoms with Crippen LogP contribution in [0.4, 0.5) is 14.5 Å². The van der Waals surface area contributed by atoms with E-state index in [1.165, 1.54) is 19.1 Å². The SMILES string of the molecule is CC(=O)Nc1ccc(C=C(F)F)cc1. The van der Waals surface area contributed by atoms with Crippen LogP contribution in [-0.4, -0.2) is 5.91 Å². The van der Waals surface area contributed by atoms with Crippen molar-refractivity contribution in [2.45, 2.75) is 6.92 Å². The number of amides is 1. The van der Waals surface area contributed by atoms with Gasteiger partial charge < -0.3 is 5.32 Å². The summed E-state index contributed by atoms with van der Waals surface area (Å²) in [5, 5.41) is 2.54. The third-order valence-corrected chi connectivity index (χ3v) is 1.51. The number of carbonyl (C=O) groups excluding carboxylic acids is 1. The highest BCUT2D eigenvalue weighted by Gasteiger charge is 1.96. The number of hydrogen-bond acceptors (Lipinski definition) is 1. The van der Waals surface area contributed by atoms with Crippen LogP contribution >= 0.6 is 0 Å². The zero-order valence-corrected chi connectivity index (χ0v) is 7.55. The molecule has 0 saturated carbocycles. The lowest BCUT2D eigenvalue weighted by Gasteiger charge is -2.01. The summed E-state index contributed by atoms with van der Waals surface area (Å²) in [6, 6.07) is 6.14. The summed E-state index contributed by atoms with van der Waals surface area (Å²) in [6.07, 6.45) is -0.977. The standard InChI is InChI=1S/C10H9F2NO/c1-7(14)13-9-4-2-8(3-5-9)6-10(11)12/h2-6H,1H3,(H,13,14). The predicted octanol–water partition coefficient (Wildman–Crippen LogP) is 2.88. The molecule has 0 unspecified atom stereocenters. The van der Waals surface area contributed by atoms with Crippen molar-refractivity contribution in [3.8, 4) is 0 Å². The van der Waals surface area contributed by atoms with Gasteiger partial charge in [0.25, 0.3) is 6.08 Å². The Hall–Kier alpha value is -1.71. The number of rotatable bonds is 2. The lowest BCUT2D eigenvalue weighted by Crippen LogP contribution is -2.05. The van der Waals surface area contributed by atoms with Crippen molar-refractivity contribution in [2.24, 2.45) is 0 Å². The van der Waals surface area contributed by atoms with E-state index in [0.717, 1.165) is 6.08 Å². The van der Waals surface area contributed by atoms with Crippen LogP contribution in [-0.2, 0) is 4.79 Å². The third-order valence-electron chi connectivity index (χ3n) is 1.51. The van der Waals surface area contributed by atoms with Gasteiger partial charge in [-0.1, -0.05) is 12.1 Å². The van der Waals surface area contributed by atoms with Gasteiger partial charge in [-0.15, -0.1) is 0 Å². The second kappa shape index (κ2) is 4.50. The Balaban J connectivity index is 2.78. The fraction of sp³-hybridized carbons (Fsp3) is 0.100. The first-order chi connectivity index (χ1) is 6.58. The van der Waals surface area contributed by atoms with E-state index in [-0.39, 0.29) is 5.91 Å². The van der Waals surface area contributed by atoms with Crippen LogP contribution in [0.3, 0.4) is 0 Å². The van der Waals surface area contributed by atoms with Crippen molar-refractivity contribution < 1.29 is 13.6 Å². The molecule has 0 aliphatic rings. The molecule has 0 saturated heterocycles. The second-order valence-electron chi connectivity index (χ2n) is 2.74. The summed E-state index contributed by atoms with van der Waals surface area (Å²) in [4.78, 5) is 10.6. The van der Waals surface area contributed by atoms with Crippen LogP contribution in [0.1, 0.15) is 12.5 Å². The smallest absolute Gasteiger partial charge is 0.270 e. The van der Waals surface area contributed by atoms with Crippen LogP contribution < -0.4 is 5.32 Å². The zero-order chi connectivity index (χ0) is 10.6. The molecular weight excluding hydrogens is 188 g/mol. The van der Waals surface area contributed by atoms with Crippen LogP contribution in [0.5, 0.6) is 0 Å². The Bertz CT molecular complexity index is 353. The number of carbonyl (C=O) groups is 1. The maximum absolute atomic E-state index is 11.8. The van der Waals surface area contributed by atoms with Crippen molar-refractivity contribution in [1.29, 1.82) is 0 Å². The number of nitrogens with one attached hydrogen (secondary N) is 1. The maximum Gasteiger partial charge on any atom is 0.270 e. The molecule has 74 valence electrons.